The van der Waals surface area contributed by atoms with E-state index in [0.29, 0.717) is 17.7 Å². The zero-order valence-electron chi connectivity index (χ0n) is 16.0. The normalized spacial score (nSPS) is 19.9. The van der Waals surface area contributed by atoms with Gasteiger partial charge in [0.1, 0.15) is 23.8 Å². The summed E-state index contributed by atoms with van der Waals surface area (Å²) in [5, 5.41) is 12.5. The van der Waals surface area contributed by atoms with Gasteiger partial charge >= 0.3 is 0 Å². The average molecular weight is 401 g/mol. The summed E-state index contributed by atoms with van der Waals surface area (Å²) >= 11 is 0. The molecule has 3 rings (SSSR count). The number of hydrogen-bond donors (Lipinski definition) is 1. The molecule has 152 valence electrons. The van der Waals surface area contributed by atoms with Crippen molar-refractivity contribution in [2.24, 2.45) is 0 Å². The number of alkyl halides is 1. The standard InChI is InChI=1S/C22H22F3N3O/c1-2-27-21(22(29)28-13-18(25)11-19(28)12-26)20(14-3-7-16(23)8-4-14)15-5-9-17(24)10-6-15/h3-10,18-21,27H,2,11,13H2,1H3. The molecule has 1 aliphatic heterocycles. The molecule has 1 heterocycles. The van der Waals surface area contributed by atoms with Crippen LogP contribution in [-0.4, -0.2) is 42.2 Å². The van der Waals surface area contributed by atoms with Gasteiger partial charge in [0, 0.05) is 12.3 Å². The molecule has 1 fully saturated rings. The molecule has 0 aromatic heterocycles. The maximum absolute atomic E-state index is 13.9. The number of halogens is 3. The molecule has 3 atom stereocenters. The molecule has 2 aromatic carbocycles. The van der Waals surface area contributed by atoms with Crippen molar-refractivity contribution in [1.82, 2.24) is 10.2 Å². The van der Waals surface area contributed by atoms with Gasteiger partial charge in [-0.15, -0.1) is 0 Å². The van der Waals surface area contributed by atoms with Crippen LogP contribution in [0.2, 0.25) is 0 Å². The van der Waals surface area contributed by atoms with Gasteiger partial charge in [0.25, 0.3) is 0 Å². The molecule has 3 unspecified atom stereocenters. The molecule has 4 nitrogen and oxygen atoms in total. The first-order valence-electron chi connectivity index (χ1n) is 9.53. The zero-order chi connectivity index (χ0) is 21.0. The molecule has 1 N–H and O–H groups in total. The van der Waals surface area contributed by atoms with Crippen LogP contribution in [0.25, 0.3) is 0 Å². The molecule has 0 aliphatic carbocycles. The summed E-state index contributed by atoms with van der Waals surface area (Å²) in [6.07, 6.45) is -1.26. The molecule has 0 radical (unpaired) electrons. The lowest BCUT2D eigenvalue weighted by Gasteiger charge is -2.32. The number of nitrogens with zero attached hydrogens (tertiary/aromatic N) is 2. The van der Waals surface area contributed by atoms with Crippen LogP contribution in [0.4, 0.5) is 13.2 Å². The highest BCUT2D eigenvalue weighted by Gasteiger charge is 2.41. The van der Waals surface area contributed by atoms with Crippen LogP contribution in [0, 0.1) is 23.0 Å². The van der Waals surface area contributed by atoms with Crippen LogP contribution in [0.3, 0.4) is 0 Å². The van der Waals surface area contributed by atoms with E-state index in [2.05, 4.69) is 5.32 Å². The number of hydrogen-bond acceptors (Lipinski definition) is 3. The van der Waals surface area contributed by atoms with Crippen molar-refractivity contribution in [2.75, 3.05) is 13.1 Å². The Labute approximate surface area is 167 Å². The number of amides is 1. The lowest BCUT2D eigenvalue weighted by Crippen LogP contribution is -2.51. The van der Waals surface area contributed by atoms with E-state index < -0.39 is 41.7 Å². The molecule has 1 saturated heterocycles. The first-order valence-corrected chi connectivity index (χ1v) is 9.53. The van der Waals surface area contributed by atoms with Crippen LogP contribution in [0.15, 0.2) is 48.5 Å². The number of nitrogens with one attached hydrogen (secondary N) is 1. The van der Waals surface area contributed by atoms with E-state index >= 15 is 0 Å². The Morgan fingerprint density at radius 3 is 2.10 bits per heavy atom. The molecule has 0 spiro atoms. The third-order valence-corrected chi connectivity index (χ3v) is 5.16. The Kier molecular flexibility index (Phi) is 6.55. The molecule has 0 bridgehead atoms. The van der Waals surface area contributed by atoms with Gasteiger partial charge in [-0.3, -0.25) is 4.79 Å². The van der Waals surface area contributed by atoms with Gasteiger partial charge < -0.3 is 10.2 Å². The van der Waals surface area contributed by atoms with E-state index in [1.54, 1.807) is 24.3 Å². The summed E-state index contributed by atoms with van der Waals surface area (Å²) in [4.78, 5) is 14.6. The largest absolute Gasteiger partial charge is 0.322 e. The van der Waals surface area contributed by atoms with Crippen molar-refractivity contribution in [2.45, 2.75) is 37.5 Å². The minimum Gasteiger partial charge on any atom is -0.322 e. The first kappa shape index (κ1) is 20.9. The molecule has 7 heteroatoms. The van der Waals surface area contributed by atoms with E-state index in [1.165, 1.54) is 29.2 Å². The quantitative estimate of drug-likeness (QED) is 0.806. The molecule has 1 amide bonds. The monoisotopic (exact) mass is 401 g/mol. The number of likely N-dealkylation sites (tertiary alicyclic amines) is 1. The first-order chi connectivity index (χ1) is 13.9. The summed E-state index contributed by atoms with van der Waals surface area (Å²) < 4.78 is 40.9. The Balaban J connectivity index is 2.04. The number of carbonyl (C=O) groups is 1. The van der Waals surface area contributed by atoms with Crippen LogP contribution in [0.1, 0.15) is 30.4 Å². The summed E-state index contributed by atoms with van der Waals surface area (Å²) in [5.74, 6) is -1.80. The van der Waals surface area contributed by atoms with Gasteiger partial charge in [-0.2, -0.15) is 5.26 Å². The van der Waals surface area contributed by atoms with Crippen LogP contribution in [-0.2, 0) is 4.79 Å². The van der Waals surface area contributed by atoms with Crippen LogP contribution in [0.5, 0.6) is 0 Å². The van der Waals surface area contributed by atoms with Crippen molar-refractivity contribution in [3.8, 4) is 6.07 Å². The summed E-state index contributed by atoms with van der Waals surface area (Å²) in [5.41, 5.74) is 1.31. The van der Waals surface area contributed by atoms with Gasteiger partial charge in [0.15, 0.2) is 0 Å². The molecule has 0 saturated carbocycles. The zero-order valence-corrected chi connectivity index (χ0v) is 16.0. The Morgan fingerprint density at radius 1 is 1.14 bits per heavy atom. The second-order valence-corrected chi connectivity index (χ2v) is 7.08. The van der Waals surface area contributed by atoms with Gasteiger partial charge in [0.2, 0.25) is 5.91 Å². The molecular formula is C22H22F3N3O. The fraction of sp³-hybridized carbons (Fsp3) is 0.364. The van der Waals surface area contributed by atoms with Gasteiger partial charge in [0.05, 0.1) is 18.7 Å². The lowest BCUT2D eigenvalue weighted by molar-refractivity contribution is -0.134. The van der Waals surface area contributed by atoms with E-state index in [1.807, 2.05) is 13.0 Å². The van der Waals surface area contributed by atoms with E-state index in [-0.39, 0.29) is 13.0 Å². The number of likely N-dealkylation sites (N-methyl/N-ethyl adjacent to an activating group) is 1. The predicted molar refractivity (Wildman–Crippen MR) is 103 cm³/mol. The highest BCUT2D eigenvalue weighted by molar-refractivity contribution is 5.85. The van der Waals surface area contributed by atoms with Gasteiger partial charge in [-0.05, 0) is 41.9 Å². The Morgan fingerprint density at radius 2 is 1.66 bits per heavy atom. The second-order valence-electron chi connectivity index (χ2n) is 7.08. The fourth-order valence-electron chi connectivity index (χ4n) is 3.81. The van der Waals surface area contributed by atoms with E-state index in [4.69, 9.17) is 0 Å². The Bertz CT molecular complexity index is 834. The maximum Gasteiger partial charge on any atom is 0.241 e. The lowest BCUT2D eigenvalue weighted by atomic mass is 9.84. The van der Waals surface area contributed by atoms with Crippen LogP contribution < -0.4 is 5.32 Å². The highest BCUT2D eigenvalue weighted by atomic mass is 19.1. The summed E-state index contributed by atoms with van der Waals surface area (Å²) in [7, 11) is 0. The highest BCUT2D eigenvalue weighted by Crippen LogP contribution is 2.31. The number of rotatable bonds is 6. The second kappa shape index (κ2) is 9.10. The van der Waals surface area contributed by atoms with Crippen molar-refractivity contribution in [1.29, 1.82) is 5.26 Å². The summed E-state index contributed by atoms with van der Waals surface area (Å²) in [6.45, 7) is 2.13. The SMILES string of the molecule is CCNC(C(=O)N1CC(F)CC1C#N)C(c1ccc(F)cc1)c1ccc(F)cc1. The smallest absolute Gasteiger partial charge is 0.241 e. The average Bonchev–Trinajstić information content (AvgIpc) is 3.10. The van der Waals surface area contributed by atoms with Crippen molar-refractivity contribution in [3.63, 3.8) is 0 Å². The molecule has 1 aliphatic rings. The third kappa shape index (κ3) is 4.60. The van der Waals surface area contributed by atoms with Crippen LogP contribution >= 0.6 is 0 Å². The minimum atomic E-state index is -1.25. The fourth-order valence-corrected chi connectivity index (χ4v) is 3.81. The number of benzene rings is 2. The van der Waals surface area contributed by atoms with Crippen molar-refractivity contribution in [3.05, 3.63) is 71.3 Å². The van der Waals surface area contributed by atoms with Crippen molar-refractivity contribution >= 4 is 5.91 Å². The number of nitriles is 1. The minimum absolute atomic E-state index is 0.0150. The maximum atomic E-state index is 13.9. The van der Waals surface area contributed by atoms with E-state index in [0.717, 1.165) is 0 Å². The van der Waals surface area contributed by atoms with Crippen molar-refractivity contribution < 1.29 is 18.0 Å². The molecular weight excluding hydrogens is 379 g/mol. The van der Waals surface area contributed by atoms with E-state index in [9.17, 15) is 23.2 Å². The third-order valence-electron chi connectivity index (χ3n) is 5.16. The predicted octanol–water partition coefficient (Wildman–Crippen LogP) is 3.54. The summed E-state index contributed by atoms with van der Waals surface area (Å²) in [6, 6.07) is 11.8. The molecule has 29 heavy (non-hydrogen) atoms. The molecule has 2 aromatic rings. The van der Waals surface area contributed by atoms with Gasteiger partial charge in [-0.1, -0.05) is 31.2 Å². The number of carbonyl (C=O) groups excluding carboxylic acids is 1. The van der Waals surface area contributed by atoms with Gasteiger partial charge in [-0.25, -0.2) is 13.2 Å². The topological polar surface area (TPSA) is 56.1 Å². The Hall–Kier alpha value is -2.85.